The lowest BCUT2D eigenvalue weighted by molar-refractivity contribution is -0.119. The highest BCUT2D eigenvalue weighted by Gasteiger charge is 2.28. The average molecular weight is 399 g/mol. The summed E-state index contributed by atoms with van der Waals surface area (Å²) >= 11 is 0. The van der Waals surface area contributed by atoms with Gasteiger partial charge in [0.15, 0.2) is 17.2 Å². The van der Waals surface area contributed by atoms with Crippen molar-refractivity contribution in [2.75, 3.05) is 28.4 Å². The number of benzene rings is 1. The Kier molecular flexibility index (Phi) is 5.96. The smallest absolute Gasteiger partial charge is 0.220 e. The van der Waals surface area contributed by atoms with Gasteiger partial charge in [-0.1, -0.05) is 6.07 Å². The molecular formula is C22H25NO6. The topological polar surface area (TPSA) is 83.1 Å². The molecule has 0 aliphatic heterocycles. The minimum absolute atomic E-state index is 0.132. The van der Waals surface area contributed by atoms with Crippen molar-refractivity contribution in [1.82, 2.24) is 5.32 Å². The van der Waals surface area contributed by atoms with E-state index in [4.69, 9.17) is 18.9 Å². The summed E-state index contributed by atoms with van der Waals surface area (Å²) < 4.78 is 22.0. The molecule has 0 fully saturated rings. The molecule has 0 saturated carbocycles. The van der Waals surface area contributed by atoms with Gasteiger partial charge in [0.1, 0.15) is 0 Å². The zero-order chi connectivity index (χ0) is 21.1. The van der Waals surface area contributed by atoms with E-state index in [2.05, 4.69) is 5.32 Å². The monoisotopic (exact) mass is 399 g/mol. The Morgan fingerprint density at radius 3 is 2.14 bits per heavy atom. The third-order valence-corrected chi connectivity index (χ3v) is 5.04. The zero-order valence-corrected chi connectivity index (χ0v) is 17.3. The number of hydrogen-bond donors (Lipinski definition) is 1. The Hall–Kier alpha value is -3.22. The fourth-order valence-electron chi connectivity index (χ4n) is 3.89. The maximum absolute atomic E-state index is 12.6. The number of nitrogens with one attached hydrogen (secondary N) is 1. The molecule has 2 aromatic carbocycles. The lowest BCUT2D eigenvalue weighted by Gasteiger charge is -2.20. The van der Waals surface area contributed by atoms with Gasteiger partial charge in [0.05, 0.1) is 28.4 Å². The van der Waals surface area contributed by atoms with Gasteiger partial charge in [0, 0.05) is 18.5 Å². The SMILES string of the molecule is COc1cc2c(c(OC)c1OC)-c1ccc(OC)c(=O)cc1CC(NC(C)=O)C2. The molecule has 29 heavy (non-hydrogen) atoms. The van der Waals surface area contributed by atoms with E-state index in [9.17, 15) is 9.59 Å². The number of rotatable bonds is 5. The Morgan fingerprint density at radius 2 is 1.55 bits per heavy atom. The van der Waals surface area contributed by atoms with Gasteiger partial charge >= 0.3 is 0 Å². The molecule has 2 aromatic rings. The number of fused-ring (bicyclic) bond motifs is 3. The normalized spacial score (nSPS) is 14.7. The summed E-state index contributed by atoms with van der Waals surface area (Å²) in [5.41, 5.74) is 3.13. The van der Waals surface area contributed by atoms with E-state index in [1.165, 1.54) is 14.0 Å². The van der Waals surface area contributed by atoms with Crippen molar-refractivity contribution in [3.63, 3.8) is 0 Å². The number of amides is 1. The summed E-state index contributed by atoms with van der Waals surface area (Å²) in [4.78, 5) is 24.3. The van der Waals surface area contributed by atoms with Crippen molar-refractivity contribution in [3.8, 4) is 34.1 Å². The number of methoxy groups -OCH3 is 4. The van der Waals surface area contributed by atoms with Crippen LogP contribution in [-0.4, -0.2) is 40.4 Å². The third kappa shape index (κ3) is 3.85. The van der Waals surface area contributed by atoms with E-state index in [1.54, 1.807) is 33.5 Å². The molecule has 1 aliphatic rings. The predicted octanol–water partition coefficient (Wildman–Crippen LogP) is 2.35. The van der Waals surface area contributed by atoms with Crippen molar-refractivity contribution in [2.24, 2.45) is 0 Å². The lowest BCUT2D eigenvalue weighted by Crippen LogP contribution is -2.36. The van der Waals surface area contributed by atoms with Crippen LogP contribution < -0.4 is 29.7 Å². The lowest BCUT2D eigenvalue weighted by atomic mass is 9.96. The van der Waals surface area contributed by atoms with E-state index >= 15 is 0 Å². The number of carbonyl (C=O) groups is 1. The molecule has 1 aliphatic carbocycles. The largest absolute Gasteiger partial charge is 0.493 e. The molecular weight excluding hydrogens is 374 g/mol. The van der Waals surface area contributed by atoms with E-state index < -0.39 is 0 Å². The minimum Gasteiger partial charge on any atom is -0.493 e. The zero-order valence-electron chi connectivity index (χ0n) is 17.3. The van der Waals surface area contributed by atoms with Gasteiger partial charge < -0.3 is 24.3 Å². The number of ether oxygens (including phenoxy) is 4. The summed E-state index contributed by atoms with van der Waals surface area (Å²) in [5.74, 6) is 1.64. The van der Waals surface area contributed by atoms with Gasteiger partial charge in [0.2, 0.25) is 17.1 Å². The van der Waals surface area contributed by atoms with Crippen molar-refractivity contribution in [2.45, 2.75) is 25.8 Å². The van der Waals surface area contributed by atoms with Gasteiger partial charge in [-0.2, -0.15) is 0 Å². The van der Waals surface area contributed by atoms with Gasteiger partial charge in [-0.15, -0.1) is 0 Å². The molecule has 154 valence electrons. The first-order valence-corrected chi connectivity index (χ1v) is 9.24. The molecule has 0 aromatic heterocycles. The van der Waals surface area contributed by atoms with Crippen molar-refractivity contribution >= 4 is 5.91 Å². The van der Waals surface area contributed by atoms with Crippen molar-refractivity contribution in [3.05, 3.63) is 45.6 Å². The van der Waals surface area contributed by atoms with Gasteiger partial charge in [-0.3, -0.25) is 9.59 Å². The summed E-state index contributed by atoms with van der Waals surface area (Å²) in [7, 11) is 6.14. The maximum atomic E-state index is 12.6. The molecule has 0 heterocycles. The Labute approximate surface area is 169 Å². The molecule has 0 spiro atoms. The van der Waals surface area contributed by atoms with Gasteiger partial charge in [0.25, 0.3) is 0 Å². The van der Waals surface area contributed by atoms with E-state index in [0.29, 0.717) is 30.1 Å². The average Bonchev–Trinajstić information content (AvgIpc) is 2.92. The second-order valence-electron chi connectivity index (χ2n) is 6.83. The second-order valence-corrected chi connectivity index (χ2v) is 6.83. The first kappa shape index (κ1) is 20.5. The van der Waals surface area contributed by atoms with Crippen LogP contribution in [-0.2, 0) is 17.6 Å². The van der Waals surface area contributed by atoms with Crippen LogP contribution in [0.3, 0.4) is 0 Å². The number of carbonyl (C=O) groups excluding carboxylic acids is 1. The Bertz CT molecular complexity index is 1000. The first-order chi connectivity index (χ1) is 13.9. The first-order valence-electron chi connectivity index (χ1n) is 9.24. The van der Waals surface area contributed by atoms with Crippen molar-refractivity contribution in [1.29, 1.82) is 0 Å². The van der Waals surface area contributed by atoms with Crippen LogP contribution in [0.15, 0.2) is 29.1 Å². The third-order valence-electron chi connectivity index (χ3n) is 5.04. The van der Waals surface area contributed by atoms with Crippen LogP contribution in [0.25, 0.3) is 11.1 Å². The van der Waals surface area contributed by atoms with Crippen LogP contribution in [0.1, 0.15) is 18.1 Å². The Morgan fingerprint density at radius 1 is 0.897 bits per heavy atom. The highest BCUT2D eigenvalue weighted by Crippen LogP contribution is 2.48. The van der Waals surface area contributed by atoms with E-state index in [0.717, 1.165) is 22.3 Å². The fraction of sp³-hybridized carbons (Fsp3) is 0.364. The van der Waals surface area contributed by atoms with Crippen LogP contribution in [0, 0.1) is 0 Å². The highest BCUT2D eigenvalue weighted by molar-refractivity contribution is 5.83. The molecule has 1 amide bonds. The molecule has 1 N–H and O–H groups in total. The summed E-state index contributed by atoms with van der Waals surface area (Å²) in [6.07, 6.45) is 1.04. The maximum Gasteiger partial charge on any atom is 0.220 e. The van der Waals surface area contributed by atoms with E-state index in [-0.39, 0.29) is 23.1 Å². The quantitative estimate of drug-likeness (QED) is 0.831. The number of hydrogen-bond acceptors (Lipinski definition) is 6. The molecule has 0 saturated heterocycles. The van der Waals surface area contributed by atoms with Gasteiger partial charge in [-0.25, -0.2) is 0 Å². The second kappa shape index (κ2) is 8.43. The predicted molar refractivity (Wildman–Crippen MR) is 109 cm³/mol. The summed E-state index contributed by atoms with van der Waals surface area (Å²) in [6, 6.07) is 6.76. The fourth-order valence-corrected chi connectivity index (χ4v) is 3.89. The highest BCUT2D eigenvalue weighted by atomic mass is 16.5. The molecule has 1 unspecified atom stereocenters. The Balaban J connectivity index is 2.39. The van der Waals surface area contributed by atoms with Crippen LogP contribution in [0.2, 0.25) is 0 Å². The van der Waals surface area contributed by atoms with Crippen LogP contribution >= 0.6 is 0 Å². The molecule has 1 atom stereocenters. The van der Waals surface area contributed by atoms with Crippen LogP contribution in [0.5, 0.6) is 23.0 Å². The molecule has 7 nitrogen and oxygen atoms in total. The molecule has 0 bridgehead atoms. The van der Waals surface area contributed by atoms with E-state index in [1.807, 2.05) is 12.1 Å². The van der Waals surface area contributed by atoms with Crippen LogP contribution in [0.4, 0.5) is 0 Å². The van der Waals surface area contributed by atoms with Crippen molar-refractivity contribution < 1.29 is 23.7 Å². The molecule has 7 heteroatoms. The van der Waals surface area contributed by atoms with Gasteiger partial charge in [-0.05, 0) is 47.7 Å². The standard InChI is InChI=1S/C22H25NO6/c1-12(24)23-15-8-13-10-17(25)18(26-2)7-6-16(13)20-14(9-15)11-19(27-3)21(28-4)22(20)29-5/h6-7,10-11,15H,8-9H2,1-5H3,(H,23,24). The summed E-state index contributed by atoms with van der Waals surface area (Å²) in [5, 5.41) is 2.98. The summed E-state index contributed by atoms with van der Waals surface area (Å²) in [6.45, 7) is 1.48. The minimum atomic E-state index is -0.224. The molecule has 3 rings (SSSR count). The molecule has 0 radical (unpaired) electrons.